The van der Waals surface area contributed by atoms with Gasteiger partial charge in [-0.3, -0.25) is 4.79 Å². The quantitative estimate of drug-likeness (QED) is 0.341. The van der Waals surface area contributed by atoms with Gasteiger partial charge in [-0.1, -0.05) is 59.8 Å². The smallest absolute Gasteiger partial charge is 0.308 e. The van der Waals surface area contributed by atoms with Gasteiger partial charge < -0.3 is 14.0 Å². The maximum atomic E-state index is 12.6. The Morgan fingerprint density at radius 1 is 1.36 bits per heavy atom. The number of esters is 1. The van der Waals surface area contributed by atoms with Gasteiger partial charge in [-0.05, 0) is 36.0 Å². The summed E-state index contributed by atoms with van der Waals surface area (Å²) in [4.78, 5) is 24.4. The molecule has 0 N–H and O–H groups in total. The predicted molar refractivity (Wildman–Crippen MR) is 115 cm³/mol. The predicted octanol–water partition coefficient (Wildman–Crippen LogP) is 5.30. The van der Waals surface area contributed by atoms with Crippen LogP contribution in [0.4, 0.5) is 0 Å². The number of hydrogen-bond donors (Lipinski definition) is 0. The second-order valence-corrected chi connectivity index (χ2v) is 14.8. The van der Waals surface area contributed by atoms with Crippen molar-refractivity contribution in [3.8, 4) is 0 Å². The van der Waals surface area contributed by atoms with Crippen LogP contribution in [0.25, 0.3) is 0 Å². The molecule has 5 heteroatoms. The Morgan fingerprint density at radius 2 is 2.00 bits per heavy atom. The molecule has 28 heavy (non-hydrogen) atoms. The third-order valence-corrected chi connectivity index (χ3v) is 11.4. The Balaban J connectivity index is 2.35. The number of aldehydes is 1. The van der Waals surface area contributed by atoms with Crippen molar-refractivity contribution in [2.45, 2.75) is 84.7 Å². The van der Waals surface area contributed by atoms with E-state index in [1.165, 1.54) is 0 Å². The van der Waals surface area contributed by atoms with E-state index < -0.39 is 8.32 Å². The highest BCUT2D eigenvalue weighted by atomic mass is 28.4. The molecule has 0 aromatic carbocycles. The zero-order valence-electron chi connectivity index (χ0n) is 18.8. The number of allylic oxidation sites excluding steroid dienone is 2. The lowest BCUT2D eigenvalue weighted by Crippen LogP contribution is -2.48. The van der Waals surface area contributed by atoms with Gasteiger partial charge in [0.15, 0.2) is 8.32 Å². The molecule has 158 valence electrons. The molecule has 0 amide bonds. The van der Waals surface area contributed by atoms with Crippen molar-refractivity contribution in [2.24, 2.45) is 23.7 Å². The molecule has 0 aromatic heterocycles. The fourth-order valence-corrected chi connectivity index (χ4v) is 5.01. The Labute approximate surface area is 171 Å². The van der Waals surface area contributed by atoms with E-state index >= 15 is 0 Å². The van der Waals surface area contributed by atoms with Gasteiger partial charge in [-0.2, -0.15) is 0 Å². The van der Waals surface area contributed by atoms with Crippen LogP contribution in [-0.2, 0) is 18.8 Å². The summed E-state index contributed by atoms with van der Waals surface area (Å²) in [5.41, 5.74) is 1.08. The summed E-state index contributed by atoms with van der Waals surface area (Å²) in [5.74, 6) is -0.418. The van der Waals surface area contributed by atoms with E-state index in [-0.39, 0.29) is 46.9 Å². The molecule has 0 saturated heterocycles. The van der Waals surface area contributed by atoms with Crippen LogP contribution < -0.4 is 0 Å². The highest BCUT2D eigenvalue weighted by Gasteiger charge is 2.45. The first kappa shape index (κ1) is 23.1. The van der Waals surface area contributed by atoms with Gasteiger partial charge >= 0.3 is 5.97 Å². The number of fused-ring (bicyclic) bond motifs is 1. The van der Waals surface area contributed by atoms with E-state index in [1.54, 1.807) is 0 Å². The molecular formula is C23H38O4Si. The average Bonchev–Trinajstić information content (AvgIpc) is 2.59. The Bertz CT molecular complexity index is 643. The number of ether oxygens (including phenoxy) is 1. The molecule has 0 aliphatic heterocycles. The van der Waals surface area contributed by atoms with Crippen LogP contribution in [-0.4, -0.2) is 32.8 Å². The van der Waals surface area contributed by atoms with Crippen LogP contribution in [0, 0.1) is 23.7 Å². The van der Waals surface area contributed by atoms with Gasteiger partial charge in [0.1, 0.15) is 12.4 Å². The van der Waals surface area contributed by atoms with Crippen LogP contribution in [0.15, 0.2) is 23.8 Å². The minimum absolute atomic E-state index is 0.0789. The first-order valence-electron chi connectivity index (χ1n) is 10.6. The average molecular weight is 407 g/mol. The third-order valence-electron chi connectivity index (χ3n) is 6.93. The minimum Gasteiger partial charge on any atom is -0.461 e. The zero-order valence-corrected chi connectivity index (χ0v) is 19.8. The lowest BCUT2D eigenvalue weighted by molar-refractivity contribution is -0.159. The van der Waals surface area contributed by atoms with Gasteiger partial charge in [0.2, 0.25) is 0 Å². The molecule has 0 bridgehead atoms. The number of carbonyl (C=O) groups excluding carboxylic acids is 2. The summed E-state index contributed by atoms with van der Waals surface area (Å²) in [6.45, 7) is 17.1. The maximum absolute atomic E-state index is 12.6. The van der Waals surface area contributed by atoms with Crippen molar-refractivity contribution in [2.75, 3.05) is 0 Å². The Kier molecular flexibility index (Phi) is 7.14. The molecule has 0 heterocycles. The number of carbonyl (C=O) groups is 2. The van der Waals surface area contributed by atoms with Crippen molar-refractivity contribution < 1.29 is 18.8 Å². The third kappa shape index (κ3) is 4.85. The van der Waals surface area contributed by atoms with Gasteiger partial charge in [-0.25, -0.2) is 0 Å². The summed E-state index contributed by atoms with van der Waals surface area (Å²) in [7, 11) is -1.96. The molecule has 4 nitrogen and oxygen atoms in total. The van der Waals surface area contributed by atoms with E-state index in [0.29, 0.717) is 6.42 Å². The van der Waals surface area contributed by atoms with Gasteiger partial charge in [0.25, 0.3) is 0 Å². The summed E-state index contributed by atoms with van der Waals surface area (Å²) in [6.07, 6.45) is 8.34. The van der Waals surface area contributed by atoms with E-state index in [4.69, 9.17) is 9.16 Å². The minimum atomic E-state index is -1.96. The molecule has 2 aliphatic rings. The van der Waals surface area contributed by atoms with Crippen molar-refractivity contribution in [3.63, 3.8) is 0 Å². The van der Waals surface area contributed by atoms with E-state index in [2.05, 4.69) is 59.0 Å². The molecule has 2 aliphatic carbocycles. The summed E-state index contributed by atoms with van der Waals surface area (Å²) in [5, 5.41) is 0.105. The van der Waals surface area contributed by atoms with Crippen LogP contribution in [0.5, 0.6) is 0 Å². The highest BCUT2D eigenvalue weighted by molar-refractivity contribution is 6.74. The topological polar surface area (TPSA) is 52.6 Å². The van der Waals surface area contributed by atoms with Crippen molar-refractivity contribution in [1.82, 2.24) is 0 Å². The van der Waals surface area contributed by atoms with E-state index in [9.17, 15) is 9.59 Å². The van der Waals surface area contributed by atoms with Crippen molar-refractivity contribution in [1.29, 1.82) is 0 Å². The summed E-state index contributed by atoms with van der Waals surface area (Å²) in [6, 6.07) is 0. The lowest BCUT2D eigenvalue weighted by Gasteiger charge is -2.44. The highest BCUT2D eigenvalue weighted by Crippen LogP contribution is 2.44. The second-order valence-electron chi connectivity index (χ2n) is 10.1. The molecule has 0 saturated carbocycles. The van der Waals surface area contributed by atoms with Crippen LogP contribution >= 0.6 is 0 Å². The summed E-state index contributed by atoms with van der Waals surface area (Å²) >= 11 is 0. The van der Waals surface area contributed by atoms with Crippen molar-refractivity contribution >= 4 is 20.6 Å². The van der Waals surface area contributed by atoms with E-state index in [0.717, 1.165) is 18.3 Å². The molecule has 6 atom stereocenters. The first-order chi connectivity index (χ1) is 12.9. The largest absolute Gasteiger partial charge is 0.461 e. The van der Waals surface area contributed by atoms with Crippen LogP contribution in [0.2, 0.25) is 18.1 Å². The number of hydrogen-bond acceptors (Lipinski definition) is 4. The molecular weight excluding hydrogens is 368 g/mol. The monoisotopic (exact) mass is 406 g/mol. The molecule has 0 radical (unpaired) electrons. The Morgan fingerprint density at radius 3 is 2.54 bits per heavy atom. The second kappa shape index (κ2) is 8.66. The SMILES string of the molecule is CC[C@H](C)C(=O)O[C@H]1C[C@H](O[Si](C)(C)C(C)(C)C)C=C2C=C[C@H](C)[C@H](C=O)[C@H]21. The maximum Gasteiger partial charge on any atom is 0.308 e. The Hall–Kier alpha value is -1.20. The fourth-order valence-electron chi connectivity index (χ4n) is 3.74. The number of rotatable bonds is 6. The zero-order chi connectivity index (χ0) is 21.3. The van der Waals surface area contributed by atoms with Gasteiger partial charge in [0, 0.05) is 18.3 Å². The summed E-state index contributed by atoms with van der Waals surface area (Å²) < 4.78 is 12.6. The first-order valence-corrected chi connectivity index (χ1v) is 13.6. The van der Waals surface area contributed by atoms with Crippen molar-refractivity contribution in [3.05, 3.63) is 23.8 Å². The molecule has 0 unspecified atom stereocenters. The van der Waals surface area contributed by atoms with Gasteiger partial charge in [-0.15, -0.1) is 0 Å². The standard InChI is InChI=1S/C23H38O4Si/c1-9-15(2)22(25)26-20-13-18(27-28(7,8)23(4,5)6)12-17-11-10-16(3)19(14-24)21(17)20/h10-12,14-16,18-21H,9,13H2,1-8H3/t15-,16-,18+,19-,20-,21-/m0/s1. The van der Waals surface area contributed by atoms with Gasteiger partial charge in [0.05, 0.1) is 12.0 Å². The molecule has 0 aromatic rings. The van der Waals surface area contributed by atoms with Crippen LogP contribution in [0.1, 0.15) is 54.4 Å². The molecule has 2 rings (SSSR count). The van der Waals surface area contributed by atoms with Crippen LogP contribution in [0.3, 0.4) is 0 Å². The molecule has 0 spiro atoms. The lowest BCUT2D eigenvalue weighted by atomic mass is 9.68. The molecule has 0 fully saturated rings. The fraction of sp³-hybridized carbons (Fsp3) is 0.739. The van der Waals surface area contributed by atoms with E-state index in [1.807, 2.05) is 13.8 Å². The normalized spacial score (nSPS) is 31.6.